The summed E-state index contributed by atoms with van der Waals surface area (Å²) in [6.45, 7) is 4.93. The fraction of sp³-hybridized carbons (Fsp3) is 0.440. The maximum absolute atomic E-state index is 12.5. The summed E-state index contributed by atoms with van der Waals surface area (Å²) in [5.74, 6) is 1.64. The van der Waals surface area contributed by atoms with Crippen LogP contribution < -0.4 is 23.7 Å². The number of carbonyl (C=O) groups is 2. The van der Waals surface area contributed by atoms with Gasteiger partial charge >= 0.3 is 5.97 Å². The van der Waals surface area contributed by atoms with Crippen LogP contribution in [0.4, 0.5) is 0 Å². The van der Waals surface area contributed by atoms with Gasteiger partial charge in [0.1, 0.15) is 0 Å². The highest BCUT2D eigenvalue weighted by molar-refractivity contribution is 5.81. The molecule has 9 heteroatoms. The highest BCUT2D eigenvalue weighted by Crippen LogP contribution is 2.46. The zero-order valence-corrected chi connectivity index (χ0v) is 21.0. The molecule has 9 nitrogen and oxygen atoms in total. The van der Waals surface area contributed by atoms with E-state index in [1.165, 1.54) is 11.8 Å². The van der Waals surface area contributed by atoms with Crippen LogP contribution in [0.3, 0.4) is 0 Å². The molecule has 2 rings (SSSR count). The molecule has 0 unspecified atom stereocenters. The zero-order valence-electron chi connectivity index (χ0n) is 21.0. The van der Waals surface area contributed by atoms with Crippen molar-refractivity contribution in [2.45, 2.75) is 33.4 Å². The molecule has 34 heavy (non-hydrogen) atoms. The van der Waals surface area contributed by atoms with Crippen molar-refractivity contribution >= 4 is 11.9 Å². The van der Waals surface area contributed by atoms with Gasteiger partial charge in [-0.3, -0.25) is 9.59 Å². The minimum Gasteiger partial charge on any atom is -0.493 e. The van der Waals surface area contributed by atoms with Gasteiger partial charge in [0.25, 0.3) is 5.91 Å². The molecule has 0 aromatic heterocycles. The van der Waals surface area contributed by atoms with E-state index in [4.69, 9.17) is 28.4 Å². The SMILES string of the molecule is COc1cc(-c2ccc(OC)c(OC)c2OC)cc(CN(C)C(=O)COC(C)=O)c1OC(C)C. The minimum absolute atomic E-state index is 0.129. The molecule has 0 saturated heterocycles. The molecule has 2 aromatic carbocycles. The summed E-state index contributed by atoms with van der Waals surface area (Å²) in [6, 6.07) is 7.39. The fourth-order valence-corrected chi connectivity index (χ4v) is 3.40. The summed E-state index contributed by atoms with van der Waals surface area (Å²) >= 11 is 0. The van der Waals surface area contributed by atoms with Gasteiger partial charge in [-0.1, -0.05) is 0 Å². The molecule has 0 atom stereocenters. The van der Waals surface area contributed by atoms with Gasteiger partial charge in [-0.2, -0.15) is 0 Å². The van der Waals surface area contributed by atoms with E-state index in [1.54, 1.807) is 41.6 Å². The third-order valence-corrected chi connectivity index (χ3v) is 4.95. The Balaban J connectivity index is 2.62. The second-order valence-electron chi connectivity index (χ2n) is 7.75. The predicted molar refractivity (Wildman–Crippen MR) is 127 cm³/mol. The van der Waals surface area contributed by atoms with Crippen LogP contribution >= 0.6 is 0 Å². The molecule has 0 aliphatic heterocycles. The van der Waals surface area contributed by atoms with Crippen molar-refractivity contribution in [3.05, 3.63) is 29.8 Å². The van der Waals surface area contributed by atoms with Crippen molar-refractivity contribution in [3.63, 3.8) is 0 Å². The third-order valence-electron chi connectivity index (χ3n) is 4.95. The van der Waals surface area contributed by atoms with E-state index < -0.39 is 5.97 Å². The molecule has 0 saturated carbocycles. The highest BCUT2D eigenvalue weighted by atomic mass is 16.5. The molecular formula is C25H33NO8. The van der Waals surface area contributed by atoms with Crippen LogP contribution in [0.5, 0.6) is 28.7 Å². The second kappa shape index (κ2) is 12.0. The van der Waals surface area contributed by atoms with E-state index >= 15 is 0 Å². The van der Waals surface area contributed by atoms with E-state index in [0.29, 0.717) is 34.3 Å². The zero-order chi connectivity index (χ0) is 25.4. The molecule has 0 aliphatic rings. The summed E-state index contributed by atoms with van der Waals surface area (Å²) < 4.78 is 33.1. The van der Waals surface area contributed by atoms with E-state index in [1.807, 2.05) is 32.0 Å². The molecule has 0 bridgehead atoms. The van der Waals surface area contributed by atoms with Crippen molar-refractivity contribution in [1.29, 1.82) is 0 Å². The number of esters is 1. The van der Waals surface area contributed by atoms with E-state index in [2.05, 4.69) is 0 Å². The summed E-state index contributed by atoms with van der Waals surface area (Å²) in [5, 5.41) is 0. The van der Waals surface area contributed by atoms with Crippen LogP contribution in [0, 0.1) is 0 Å². The van der Waals surface area contributed by atoms with Crippen LogP contribution in [0.25, 0.3) is 11.1 Å². The van der Waals surface area contributed by atoms with Crippen molar-refractivity contribution in [2.75, 3.05) is 42.1 Å². The molecule has 0 heterocycles. The van der Waals surface area contributed by atoms with Crippen molar-refractivity contribution < 1.29 is 38.0 Å². The van der Waals surface area contributed by atoms with Crippen LogP contribution in [0.1, 0.15) is 26.3 Å². The number of benzene rings is 2. The maximum atomic E-state index is 12.5. The van der Waals surface area contributed by atoms with Gasteiger partial charge in [0.2, 0.25) is 5.75 Å². The lowest BCUT2D eigenvalue weighted by Gasteiger charge is -2.23. The van der Waals surface area contributed by atoms with Crippen LogP contribution in [0.2, 0.25) is 0 Å². The van der Waals surface area contributed by atoms with Gasteiger partial charge in [0, 0.05) is 31.6 Å². The van der Waals surface area contributed by atoms with Gasteiger partial charge in [-0.05, 0) is 43.7 Å². The first-order valence-corrected chi connectivity index (χ1v) is 10.7. The Morgan fingerprint density at radius 2 is 1.53 bits per heavy atom. The molecule has 0 fully saturated rings. The van der Waals surface area contributed by atoms with Gasteiger partial charge in [0.05, 0.1) is 34.5 Å². The molecule has 186 valence electrons. The fourth-order valence-electron chi connectivity index (χ4n) is 3.40. The van der Waals surface area contributed by atoms with Gasteiger partial charge in [-0.15, -0.1) is 0 Å². The maximum Gasteiger partial charge on any atom is 0.303 e. The molecular weight excluding hydrogens is 442 g/mol. The van der Waals surface area contributed by atoms with Crippen molar-refractivity contribution in [2.24, 2.45) is 0 Å². The first-order chi connectivity index (χ1) is 16.2. The Morgan fingerprint density at radius 1 is 0.882 bits per heavy atom. The quantitative estimate of drug-likeness (QED) is 0.454. The second-order valence-corrected chi connectivity index (χ2v) is 7.75. The molecule has 0 radical (unpaired) electrons. The Morgan fingerprint density at radius 3 is 2.06 bits per heavy atom. The minimum atomic E-state index is -0.519. The number of nitrogens with zero attached hydrogens (tertiary/aromatic N) is 1. The molecule has 2 aromatic rings. The lowest BCUT2D eigenvalue weighted by atomic mass is 9.99. The van der Waals surface area contributed by atoms with Gasteiger partial charge in [0.15, 0.2) is 29.6 Å². The van der Waals surface area contributed by atoms with E-state index in [9.17, 15) is 9.59 Å². The summed E-state index contributed by atoms with van der Waals surface area (Å²) in [4.78, 5) is 25.0. The molecule has 0 spiro atoms. The van der Waals surface area contributed by atoms with Gasteiger partial charge in [-0.25, -0.2) is 0 Å². The van der Waals surface area contributed by atoms with Crippen molar-refractivity contribution in [1.82, 2.24) is 4.90 Å². The smallest absolute Gasteiger partial charge is 0.303 e. The number of methoxy groups -OCH3 is 4. The van der Waals surface area contributed by atoms with Crippen molar-refractivity contribution in [3.8, 4) is 39.9 Å². The average molecular weight is 476 g/mol. The number of hydrogen-bond donors (Lipinski definition) is 0. The average Bonchev–Trinajstić information content (AvgIpc) is 2.81. The third kappa shape index (κ3) is 6.24. The first kappa shape index (κ1) is 26.6. The van der Waals surface area contributed by atoms with E-state index in [0.717, 1.165) is 11.1 Å². The first-order valence-electron chi connectivity index (χ1n) is 10.7. The summed E-state index contributed by atoms with van der Waals surface area (Å²) in [6.07, 6.45) is -0.129. The number of amides is 1. The standard InChI is InChI=1S/C25H33NO8/c1-15(2)34-23-18(13-26(4)22(28)14-33-16(3)27)11-17(12-21(23)30-6)19-9-10-20(29-5)25(32-8)24(19)31-7/h9-12,15H,13-14H2,1-8H3. The number of ether oxygens (including phenoxy) is 6. The number of hydrogen-bond acceptors (Lipinski definition) is 8. The van der Waals surface area contributed by atoms with E-state index in [-0.39, 0.29) is 25.2 Å². The molecule has 0 aliphatic carbocycles. The largest absolute Gasteiger partial charge is 0.493 e. The van der Waals surface area contributed by atoms with Gasteiger partial charge < -0.3 is 33.3 Å². The lowest BCUT2D eigenvalue weighted by molar-refractivity contribution is -0.149. The Labute approximate surface area is 200 Å². The molecule has 0 N–H and O–H groups in total. The Bertz CT molecular complexity index is 1020. The number of carbonyl (C=O) groups excluding carboxylic acids is 2. The summed E-state index contributed by atoms with van der Waals surface area (Å²) in [5.41, 5.74) is 2.21. The number of rotatable bonds is 11. The van der Waals surface area contributed by atoms with Crippen LogP contribution in [-0.2, 0) is 20.9 Å². The predicted octanol–water partition coefficient (Wildman–Crippen LogP) is 3.70. The summed E-state index contributed by atoms with van der Waals surface area (Å²) in [7, 11) is 7.83. The van der Waals surface area contributed by atoms with Crippen LogP contribution in [0.15, 0.2) is 24.3 Å². The number of likely N-dealkylation sites (N-methyl/N-ethyl adjacent to an activating group) is 1. The topological polar surface area (TPSA) is 92.8 Å². The normalized spacial score (nSPS) is 10.5. The Kier molecular flexibility index (Phi) is 9.41. The highest BCUT2D eigenvalue weighted by Gasteiger charge is 2.22. The Hall–Kier alpha value is -3.62. The monoisotopic (exact) mass is 475 g/mol. The molecule has 1 amide bonds. The lowest BCUT2D eigenvalue weighted by Crippen LogP contribution is -2.30. The van der Waals surface area contributed by atoms with Crippen LogP contribution in [-0.4, -0.2) is 65.0 Å².